The number of carbonyl (C=O) groups excluding carboxylic acids is 2. The van der Waals surface area contributed by atoms with Crippen LogP contribution in [0.2, 0.25) is 0 Å². The molecule has 1 atom stereocenters. The maximum absolute atomic E-state index is 14.4. The molecule has 0 spiro atoms. The smallest absolute Gasteiger partial charge is 0.349 e. The molecule has 1 N–H and O–H groups in total. The number of isocyanates is 1. The topological polar surface area (TPSA) is 58.5 Å². The van der Waals surface area contributed by atoms with Crippen LogP contribution < -0.4 is 5.32 Å². The highest BCUT2D eigenvalue weighted by Gasteiger charge is 3.00. The summed E-state index contributed by atoms with van der Waals surface area (Å²) in [6, 6.07) is -0.175. The summed E-state index contributed by atoms with van der Waals surface area (Å²) >= 11 is 0. The van der Waals surface area contributed by atoms with Crippen molar-refractivity contribution < 1.29 is 128 Å². The van der Waals surface area contributed by atoms with E-state index in [0.29, 0.717) is 6.07 Å². The van der Waals surface area contributed by atoms with Crippen LogP contribution in [-0.4, -0.2) is 95.3 Å². The Morgan fingerprint density at radius 1 is 0.554 bits per heavy atom. The average Bonchev–Trinajstić information content (AvgIpc) is 2.99. The van der Waals surface area contributed by atoms with Crippen molar-refractivity contribution in [1.29, 1.82) is 0 Å². The second kappa shape index (κ2) is 13.9. The van der Waals surface area contributed by atoms with Crippen LogP contribution in [0.4, 0.5) is 124 Å². The molecule has 4 nitrogen and oxygen atoms in total. The Labute approximate surface area is 290 Å². The molecular formula is C25H13F27N2O2. The fraction of sp³-hybridized carbons (Fsp3) is 0.680. The van der Waals surface area contributed by atoms with Crippen LogP contribution in [0.15, 0.2) is 23.2 Å². The largest absolute Gasteiger partial charge is 0.460 e. The average molecular weight is 886 g/mol. The van der Waals surface area contributed by atoms with E-state index >= 15 is 0 Å². The standard InChI is InChI=1S/C25H13F27N2O2/c1-8-3-4-10(53-7-55)5-11(8)12(56)54-9(2)6-13(26,27)14(28,29)15(30,31)16(32,33)17(34,35)18(36,37)19(38,39)20(40,41)21(42,43)22(44,45)23(46,47)24(48,49)25(50,51)52/h3-5,9H,6H2,1-2H3,(H,54,56). The van der Waals surface area contributed by atoms with Crippen molar-refractivity contribution in [2.45, 2.75) is 104 Å². The van der Waals surface area contributed by atoms with E-state index in [1.165, 1.54) is 5.32 Å². The van der Waals surface area contributed by atoms with Crippen molar-refractivity contribution in [2.24, 2.45) is 4.99 Å². The molecule has 0 saturated heterocycles. The number of hydrogen-bond donors (Lipinski definition) is 1. The summed E-state index contributed by atoms with van der Waals surface area (Å²) in [5.41, 5.74) is -1.31. The van der Waals surface area contributed by atoms with Gasteiger partial charge in [0.05, 0.1) is 5.69 Å². The first-order valence-corrected chi connectivity index (χ1v) is 13.3. The van der Waals surface area contributed by atoms with Crippen molar-refractivity contribution in [3.05, 3.63) is 29.3 Å². The minimum Gasteiger partial charge on any atom is -0.349 e. The van der Waals surface area contributed by atoms with Gasteiger partial charge in [-0.1, -0.05) is 6.07 Å². The third-order valence-electron chi connectivity index (χ3n) is 7.34. The van der Waals surface area contributed by atoms with Gasteiger partial charge < -0.3 is 5.32 Å². The molecule has 1 amide bonds. The number of alkyl halides is 27. The molecule has 31 heteroatoms. The molecular weight excluding hydrogens is 873 g/mol. The van der Waals surface area contributed by atoms with Gasteiger partial charge in [0, 0.05) is 18.0 Å². The summed E-state index contributed by atoms with van der Waals surface area (Å²) in [6.45, 7) is 1.17. The number of aliphatic imine (C=N–C) groups is 1. The fourth-order valence-electron chi connectivity index (χ4n) is 4.02. The quantitative estimate of drug-likeness (QED) is 0.102. The molecule has 324 valence electrons. The van der Waals surface area contributed by atoms with Gasteiger partial charge in [0.1, 0.15) is 0 Å². The Hall–Kier alpha value is -3.82. The van der Waals surface area contributed by atoms with Crippen molar-refractivity contribution >= 4 is 17.7 Å². The molecule has 0 saturated carbocycles. The Morgan fingerprint density at radius 3 is 1.16 bits per heavy atom. The van der Waals surface area contributed by atoms with Gasteiger partial charge in [0.25, 0.3) is 5.91 Å². The Morgan fingerprint density at radius 2 is 0.857 bits per heavy atom. The second-order valence-electron chi connectivity index (χ2n) is 11.3. The second-order valence-corrected chi connectivity index (χ2v) is 11.3. The van der Waals surface area contributed by atoms with E-state index in [1.807, 2.05) is 0 Å². The predicted molar refractivity (Wildman–Crippen MR) is 126 cm³/mol. The molecule has 0 aliphatic heterocycles. The highest BCUT2D eigenvalue weighted by Crippen LogP contribution is 2.68. The van der Waals surface area contributed by atoms with E-state index in [0.717, 1.165) is 25.1 Å². The lowest BCUT2D eigenvalue weighted by Gasteiger charge is -2.46. The summed E-state index contributed by atoms with van der Waals surface area (Å²) in [5.74, 6) is -112. The first kappa shape index (κ1) is 50.2. The number of nitrogens with one attached hydrogen (secondary N) is 1. The number of carbonyl (C=O) groups is 1. The van der Waals surface area contributed by atoms with Gasteiger partial charge in [-0.15, -0.1) is 0 Å². The number of hydrogen-bond acceptors (Lipinski definition) is 3. The lowest BCUT2D eigenvalue weighted by molar-refractivity contribution is -0.485. The molecule has 0 fully saturated rings. The summed E-state index contributed by atoms with van der Waals surface area (Å²) in [4.78, 5) is 25.7. The summed E-state index contributed by atoms with van der Waals surface area (Å²) < 4.78 is 370. The van der Waals surface area contributed by atoms with Crippen LogP contribution in [0.1, 0.15) is 29.3 Å². The highest BCUT2D eigenvalue weighted by molar-refractivity contribution is 5.96. The third kappa shape index (κ3) is 6.84. The van der Waals surface area contributed by atoms with E-state index in [-0.39, 0.29) is 12.5 Å². The van der Waals surface area contributed by atoms with Crippen LogP contribution in [0.25, 0.3) is 0 Å². The molecule has 1 aromatic carbocycles. The fourth-order valence-corrected chi connectivity index (χ4v) is 4.02. The number of aryl methyl sites for hydroxylation is 1. The van der Waals surface area contributed by atoms with Crippen LogP contribution >= 0.6 is 0 Å². The minimum atomic E-state index is -9.84. The highest BCUT2D eigenvalue weighted by atomic mass is 19.4. The first-order chi connectivity index (χ1) is 24.2. The molecule has 1 unspecified atom stereocenters. The molecule has 0 heterocycles. The molecule has 56 heavy (non-hydrogen) atoms. The lowest BCUT2D eigenvalue weighted by atomic mass is 9.83. The molecule has 0 aliphatic carbocycles. The Balaban J connectivity index is 3.75. The lowest BCUT2D eigenvalue weighted by Crippen LogP contribution is -2.78. The van der Waals surface area contributed by atoms with Crippen LogP contribution in [-0.2, 0) is 4.79 Å². The van der Waals surface area contributed by atoms with Gasteiger partial charge in [0.15, 0.2) is 0 Å². The SMILES string of the molecule is Cc1ccc(N=C=O)cc1C(=O)NC(C)CC(F)(F)C(F)(F)C(F)(F)C(F)(F)C(F)(F)C(F)(F)C(F)(F)C(F)(F)C(F)(F)C(F)(F)C(F)(F)C(F)(F)C(F)(F)F. The molecule has 1 aromatic rings. The zero-order chi connectivity index (χ0) is 45.3. The Kier molecular flexibility index (Phi) is 12.5. The number of halogens is 27. The molecule has 1 rings (SSSR count). The predicted octanol–water partition coefficient (Wildman–Crippen LogP) is 10.7. The minimum absolute atomic E-state index is 0.121. The molecule has 0 aromatic heterocycles. The van der Waals surface area contributed by atoms with Crippen molar-refractivity contribution in [3.8, 4) is 0 Å². The summed E-state index contributed by atoms with van der Waals surface area (Å²) in [7, 11) is 0. The molecule has 0 bridgehead atoms. The van der Waals surface area contributed by atoms with E-state index in [4.69, 9.17) is 0 Å². The number of amides is 1. The van der Waals surface area contributed by atoms with Gasteiger partial charge in [-0.3, -0.25) is 4.79 Å². The van der Waals surface area contributed by atoms with E-state index < -0.39 is 107 Å². The zero-order valence-corrected chi connectivity index (χ0v) is 26.0. The number of benzene rings is 1. The van der Waals surface area contributed by atoms with Gasteiger partial charge >= 0.3 is 77.2 Å². The van der Waals surface area contributed by atoms with Crippen molar-refractivity contribution in [3.63, 3.8) is 0 Å². The van der Waals surface area contributed by atoms with Gasteiger partial charge in [-0.25, -0.2) is 4.79 Å². The van der Waals surface area contributed by atoms with Crippen molar-refractivity contribution in [2.75, 3.05) is 0 Å². The molecule has 0 aliphatic rings. The summed E-state index contributed by atoms with van der Waals surface area (Å²) in [5, 5.41) is 1.30. The number of rotatable bonds is 16. The van der Waals surface area contributed by atoms with E-state index in [2.05, 4.69) is 4.99 Å². The zero-order valence-electron chi connectivity index (χ0n) is 26.0. The Bertz CT molecular complexity index is 1670. The first-order valence-electron chi connectivity index (χ1n) is 13.3. The van der Waals surface area contributed by atoms with Gasteiger partial charge in [-0.05, 0) is 31.5 Å². The maximum Gasteiger partial charge on any atom is 0.460 e. The van der Waals surface area contributed by atoms with Crippen LogP contribution in [0.3, 0.4) is 0 Å². The number of nitrogens with zero attached hydrogens (tertiary/aromatic N) is 1. The third-order valence-corrected chi connectivity index (χ3v) is 7.34. The van der Waals surface area contributed by atoms with Gasteiger partial charge in [0.2, 0.25) is 6.08 Å². The monoisotopic (exact) mass is 886 g/mol. The van der Waals surface area contributed by atoms with E-state index in [9.17, 15) is 128 Å². The van der Waals surface area contributed by atoms with Crippen molar-refractivity contribution in [1.82, 2.24) is 5.32 Å². The van der Waals surface area contributed by atoms with Gasteiger partial charge in [-0.2, -0.15) is 124 Å². The summed E-state index contributed by atoms with van der Waals surface area (Å²) in [6.07, 6.45) is -10.5. The normalized spacial score (nSPS) is 16.0. The van der Waals surface area contributed by atoms with Crippen LogP contribution in [0.5, 0.6) is 0 Å². The van der Waals surface area contributed by atoms with E-state index in [1.54, 1.807) is 0 Å². The molecule has 0 radical (unpaired) electrons. The maximum atomic E-state index is 14.4. The van der Waals surface area contributed by atoms with Crippen LogP contribution in [0, 0.1) is 6.92 Å².